The van der Waals surface area contributed by atoms with Crippen LogP contribution in [-0.2, 0) is 15.9 Å². The van der Waals surface area contributed by atoms with Crippen LogP contribution in [0.1, 0.15) is 63.0 Å². The highest BCUT2D eigenvalue weighted by Crippen LogP contribution is 2.67. The Morgan fingerprint density at radius 2 is 2.00 bits per heavy atom. The van der Waals surface area contributed by atoms with Crippen LogP contribution < -0.4 is 5.73 Å². The molecule has 190 valence electrons. The van der Waals surface area contributed by atoms with Crippen molar-refractivity contribution in [3.63, 3.8) is 0 Å². The first kappa shape index (κ1) is 24.4. The van der Waals surface area contributed by atoms with E-state index in [9.17, 15) is 4.79 Å². The molecule has 5 rings (SSSR count). The van der Waals surface area contributed by atoms with Crippen LogP contribution in [0.15, 0.2) is 34.7 Å². The van der Waals surface area contributed by atoms with Gasteiger partial charge in [0.15, 0.2) is 8.32 Å². The molecule has 1 aromatic heterocycles. The maximum absolute atomic E-state index is 13.0. The number of nitrogens with zero attached hydrogens (tertiary/aromatic N) is 4. The van der Waals surface area contributed by atoms with Crippen molar-refractivity contribution in [2.45, 2.75) is 76.4 Å². The number of fused-ring (bicyclic) bond motifs is 3. The molecule has 3 heterocycles. The van der Waals surface area contributed by atoms with E-state index < -0.39 is 14.4 Å². The Hall–Kier alpha value is -2.27. The minimum Gasteiger partial charge on any atom is -0.422 e. The molecule has 1 aliphatic carbocycles. The van der Waals surface area contributed by atoms with Crippen LogP contribution in [-0.4, -0.2) is 60.2 Å². The molecule has 9 nitrogen and oxygen atoms in total. The van der Waals surface area contributed by atoms with E-state index in [0.29, 0.717) is 24.9 Å². The molecule has 3 unspecified atom stereocenters. The van der Waals surface area contributed by atoms with Crippen molar-refractivity contribution in [3.8, 4) is 0 Å². The van der Waals surface area contributed by atoms with E-state index in [-0.39, 0.29) is 35.0 Å². The van der Waals surface area contributed by atoms with Gasteiger partial charge < -0.3 is 19.5 Å². The lowest BCUT2D eigenvalue weighted by Gasteiger charge is -2.38. The standard InChI is InChI=1S/C25H37N5O4Si/c1-24(2,3)35(4,5)34-19(14-26)22-28-27-21(33-22)18-13-25(18)11-12-29-15-20(25)30(23(29)31)32-16-17-9-7-6-8-10-17/h6-10,18-20H,11-16,26H2,1-5H3/t18?,19-,20?,25?/m0/s1. The molecule has 1 saturated carbocycles. The number of rotatable bonds is 8. The van der Waals surface area contributed by atoms with Crippen molar-refractivity contribution in [3.05, 3.63) is 47.7 Å². The fraction of sp³-hybridized carbons (Fsp3) is 0.640. The lowest BCUT2D eigenvalue weighted by Crippen LogP contribution is -2.43. The first-order valence-electron chi connectivity index (χ1n) is 12.5. The monoisotopic (exact) mass is 499 g/mol. The van der Waals surface area contributed by atoms with Gasteiger partial charge in [0, 0.05) is 31.0 Å². The number of aromatic nitrogens is 2. The zero-order chi connectivity index (χ0) is 25.0. The van der Waals surface area contributed by atoms with E-state index in [0.717, 1.165) is 24.9 Å². The van der Waals surface area contributed by atoms with Crippen LogP contribution in [0.2, 0.25) is 18.1 Å². The van der Waals surface area contributed by atoms with Crippen molar-refractivity contribution >= 4 is 14.3 Å². The Labute approximate surface area is 208 Å². The summed E-state index contributed by atoms with van der Waals surface area (Å²) in [6.45, 7) is 13.0. The molecule has 0 radical (unpaired) electrons. The van der Waals surface area contributed by atoms with Gasteiger partial charge in [-0.05, 0) is 36.5 Å². The number of nitrogens with two attached hydrogens (primary N) is 1. The second-order valence-electron chi connectivity index (χ2n) is 11.7. The number of amides is 2. The molecule has 2 aromatic rings. The van der Waals surface area contributed by atoms with Gasteiger partial charge in [0.25, 0.3) is 0 Å². The second kappa shape index (κ2) is 8.69. The zero-order valence-corrected chi connectivity index (χ0v) is 22.4. The lowest BCUT2D eigenvalue weighted by atomic mass is 9.87. The third kappa shape index (κ3) is 4.30. The fourth-order valence-corrected chi connectivity index (χ4v) is 6.42. The second-order valence-corrected chi connectivity index (χ2v) is 16.4. The van der Waals surface area contributed by atoms with Gasteiger partial charge in [-0.2, -0.15) is 5.06 Å². The minimum absolute atomic E-state index is 0.0263. The van der Waals surface area contributed by atoms with Gasteiger partial charge in [0.1, 0.15) is 12.7 Å². The quantitative estimate of drug-likeness (QED) is 0.542. The maximum atomic E-state index is 13.0. The summed E-state index contributed by atoms with van der Waals surface area (Å²) >= 11 is 0. The molecule has 1 spiro atoms. The molecule has 4 atom stereocenters. The highest BCUT2D eigenvalue weighted by molar-refractivity contribution is 6.74. The van der Waals surface area contributed by atoms with Crippen molar-refractivity contribution in [1.82, 2.24) is 20.2 Å². The van der Waals surface area contributed by atoms with E-state index in [1.807, 2.05) is 35.2 Å². The Morgan fingerprint density at radius 3 is 2.69 bits per heavy atom. The summed E-state index contributed by atoms with van der Waals surface area (Å²) in [5.74, 6) is 1.18. The maximum Gasteiger partial charge on any atom is 0.344 e. The molecule has 35 heavy (non-hydrogen) atoms. The molecule has 1 aromatic carbocycles. The van der Waals surface area contributed by atoms with E-state index in [4.69, 9.17) is 19.4 Å². The van der Waals surface area contributed by atoms with Gasteiger partial charge in [-0.25, -0.2) is 4.79 Å². The SMILES string of the molecule is CC(C)(C)[Si](C)(C)O[C@@H](CN)c1nnc(C2CC23CCN2CC3N(OCc3ccccc3)C2=O)o1. The summed E-state index contributed by atoms with van der Waals surface area (Å²) in [6, 6.07) is 9.85. The number of carbonyl (C=O) groups excluding carboxylic acids is 1. The number of urea groups is 1. The van der Waals surface area contributed by atoms with Gasteiger partial charge in [0.2, 0.25) is 11.8 Å². The van der Waals surface area contributed by atoms with E-state index >= 15 is 0 Å². The molecule has 2 N–H and O–H groups in total. The topological polar surface area (TPSA) is 107 Å². The molecule has 3 fully saturated rings. The van der Waals surface area contributed by atoms with Gasteiger partial charge in [-0.3, -0.25) is 4.84 Å². The Bertz CT molecular complexity index is 1070. The smallest absolute Gasteiger partial charge is 0.344 e. The average molecular weight is 500 g/mol. The predicted molar refractivity (Wildman–Crippen MR) is 133 cm³/mol. The summed E-state index contributed by atoms with van der Waals surface area (Å²) in [7, 11) is -2.05. The van der Waals surface area contributed by atoms with Crippen molar-refractivity contribution in [1.29, 1.82) is 0 Å². The number of benzene rings is 1. The van der Waals surface area contributed by atoms with E-state index in [1.165, 1.54) is 0 Å². The van der Waals surface area contributed by atoms with Gasteiger partial charge in [-0.1, -0.05) is 51.1 Å². The fourth-order valence-electron chi connectivity index (χ4n) is 5.16. The van der Waals surface area contributed by atoms with Gasteiger partial charge in [0.05, 0.1) is 6.04 Å². The van der Waals surface area contributed by atoms with E-state index in [1.54, 1.807) is 5.06 Å². The molecule has 2 saturated heterocycles. The first-order valence-corrected chi connectivity index (χ1v) is 15.4. The summed E-state index contributed by atoms with van der Waals surface area (Å²) in [5, 5.41) is 10.4. The highest BCUT2D eigenvalue weighted by Gasteiger charge is 2.68. The van der Waals surface area contributed by atoms with Crippen LogP contribution in [0.4, 0.5) is 4.79 Å². The number of hydrogen-bond donors (Lipinski definition) is 1. The number of hydrogen-bond acceptors (Lipinski definition) is 7. The molecule has 2 bridgehead atoms. The minimum atomic E-state index is -2.05. The van der Waals surface area contributed by atoms with Crippen LogP contribution in [0.3, 0.4) is 0 Å². The van der Waals surface area contributed by atoms with E-state index in [2.05, 4.69) is 44.1 Å². The third-order valence-corrected chi connectivity index (χ3v) is 13.0. The highest BCUT2D eigenvalue weighted by atomic mass is 28.4. The molecular weight excluding hydrogens is 462 g/mol. The van der Waals surface area contributed by atoms with Gasteiger partial charge >= 0.3 is 6.03 Å². The number of hydroxylamine groups is 2. The van der Waals surface area contributed by atoms with Crippen molar-refractivity contribution in [2.75, 3.05) is 19.6 Å². The largest absolute Gasteiger partial charge is 0.422 e. The Balaban J connectivity index is 1.30. The predicted octanol–water partition coefficient (Wildman–Crippen LogP) is 4.21. The Kier molecular flexibility index (Phi) is 6.06. The summed E-state index contributed by atoms with van der Waals surface area (Å²) in [6.07, 6.45) is 1.40. The van der Waals surface area contributed by atoms with Crippen molar-refractivity contribution < 1.29 is 18.5 Å². The van der Waals surface area contributed by atoms with Crippen molar-refractivity contribution in [2.24, 2.45) is 11.1 Å². The number of piperidine rings is 1. The van der Waals surface area contributed by atoms with Crippen LogP contribution in [0.5, 0.6) is 0 Å². The van der Waals surface area contributed by atoms with Crippen LogP contribution in [0.25, 0.3) is 0 Å². The molecule has 10 heteroatoms. The molecule has 2 aliphatic heterocycles. The summed E-state index contributed by atoms with van der Waals surface area (Å²) < 4.78 is 12.7. The normalized spacial score (nSPS) is 27.1. The number of carbonyl (C=O) groups is 1. The average Bonchev–Trinajstić information content (AvgIpc) is 3.20. The van der Waals surface area contributed by atoms with Gasteiger partial charge in [-0.15, -0.1) is 10.2 Å². The third-order valence-electron chi connectivity index (χ3n) is 8.46. The van der Waals surface area contributed by atoms with Crippen LogP contribution in [0, 0.1) is 5.41 Å². The zero-order valence-electron chi connectivity index (χ0n) is 21.4. The summed E-state index contributed by atoms with van der Waals surface area (Å²) in [5.41, 5.74) is 7.00. The molecule has 3 aliphatic rings. The lowest BCUT2D eigenvalue weighted by molar-refractivity contribution is -0.153. The molecular formula is C25H37N5O4Si. The summed E-state index contributed by atoms with van der Waals surface area (Å²) in [4.78, 5) is 20.9. The molecule has 2 amide bonds. The Morgan fingerprint density at radius 1 is 1.26 bits per heavy atom. The van der Waals surface area contributed by atoms with Crippen LogP contribution >= 0.6 is 0 Å². The first-order chi connectivity index (χ1) is 16.6.